The third-order valence-corrected chi connectivity index (χ3v) is 2.86. The second-order valence-electron chi connectivity index (χ2n) is 4.47. The Bertz CT molecular complexity index is 342. The fourth-order valence-electron chi connectivity index (χ4n) is 2.49. The summed E-state index contributed by atoms with van der Waals surface area (Å²) in [5.41, 5.74) is 0.345. The molecule has 2 atom stereocenters. The van der Waals surface area contributed by atoms with E-state index in [1.165, 1.54) is 0 Å². The van der Waals surface area contributed by atoms with E-state index in [4.69, 9.17) is 14.6 Å². The van der Waals surface area contributed by atoms with Crippen LogP contribution in [-0.4, -0.2) is 28.6 Å². The number of carbonyl (C=O) groups is 1. The molecular weight excluding hydrogens is 184 g/mol. The second-order valence-corrected chi connectivity index (χ2v) is 4.47. The van der Waals surface area contributed by atoms with Crippen LogP contribution in [0.15, 0.2) is 11.1 Å². The predicted molar refractivity (Wildman–Crippen MR) is 48.8 cm³/mol. The molecule has 2 aliphatic rings. The molecule has 1 aliphatic carbocycles. The van der Waals surface area contributed by atoms with Crippen LogP contribution in [0.1, 0.15) is 27.7 Å². The van der Waals surface area contributed by atoms with Crippen molar-refractivity contribution in [3.63, 3.8) is 0 Å². The lowest BCUT2D eigenvalue weighted by molar-refractivity contribution is -0.153. The van der Waals surface area contributed by atoms with E-state index in [2.05, 4.69) is 0 Å². The maximum atomic E-state index is 11.0. The normalized spacial score (nSPS) is 39.3. The van der Waals surface area contributed by atoms with Gasteiger partial charge in [0.15, 0.2) is 5.79 Å². The van der Waals surface area contributed by atoms with Crippen LogP contribution in [0.5, 0.6) is 0 Å². The van der Waals surface area contributed by atoms with Gasteiger partial charge in [0, 0.05) is 0 Å². The summed E-state index contributed by atoms with van der Waals surface area (Å²) in [5.74, 6) is -1.61. The Labute approximate surface area is 82.5 Å². The molecule has 4 heteroatoms. The predicted octanol–water partition coefficient (Wildman–Crippen LogP) is 1.31. The minimum Gasteiger partial charge on any atom is -0.478 e. The largest absolute Gasteiger partial charge is 0.478 e. The van der Waals surface area contributed by atoms with Gasteiger partial charge in [0.2, 0.25) is 0 Å². The van der Waals surface area contributed by atoms with Gasteiger partial charge in [-0.1, -0.05) is 0 Å². The van der Waals surface area contributed by atoms with Gasteiger partial charge in [-0.15, -0.1) is 0 Å². The van der Waals surface area contributed by atoms with Crippen molar-refractivity contribution < 1.29 is 19.4 Å². The van der Waals surface area contributed by atoms with E-state index in [1.54, 1.807) is 27.7 Å². The number of aliphatic carboxylic acids is 1. The van der Waals surface area contributed by atoms with E-state index in [0.29, 0.717) is 5.57 Å². The van der Waals surface area contributed by atoms with E-state index in [1.807, 2.05) is 0 Å². The number of hydrogen-bond acceptors (Lipinski definition) is 3. The maximum absolute atomic E-state index is 11.0. The summed E-state index contributed by atoms with van der Waals surface area (Å²) in [5, 5.41) is 8.99. The highest BCUT2D eigenvalue weighted by Gasteiger charge is 2.62. The second kappa shape index (κ2) is 2.38. The van der Waals surface area contributed by atoms with E-state index in [0.717, 1.165) is 5.57 Å². The number of fused-ring (bicyclic) bond motifs is 1. The van der Waals surface area contributed by atoms with Gasteiger partial charge in [-0.05, 0) is 33.3 Å². The molecule has 2 rings (SSSR count). The molecule has 0 spiro atoms. The molecular formula is C10H14O4. The summed E-state index contributed by atoms with van der Waals surface area (Å²) in [6.07, 6.45) is -0.205. The maximum Gasteiger partial charge on any atom is 0.334 e. The number of rotatable bonds is 1. The average Bonchev–Trinajstić information content (AvgIpc) is 2.17. The van der Waals surface area contributed by atoms with Crippen molar-refractivity contribution >= 4 is 5.97 Å². The molecule has 1 heterocycles. The summed E-state index contributed by atoms with van der Waals surface area (Å²) in [6, 6.07) is 0. The quantitative estimate of drug-likeness (QED) is 0.690. The van der Waals surface area contributed by atoms with Crippen LogP contribution in [0.2, 0.25) is 0 Å². The van der Waals surface area contributed by atoms with Gasteiger partial charge in [0.25, 0.3) is 0 Å². The first-order valence-electron chi connectivity index (χ1n) is 4.60. The van der Waals surface area contributed by atoms with E-state index in [-0.39, 0.29) is 6.10 Å². The Morgan fingerprint density at radius 2 is 2.00 bits per heavy atom. The van der Waals surface area contributed by atoms with Crippen LogP contribution < -0.4 is 0 Å². The summed E-state index contributed by atoms with van der Waals surface area (Å²) >= 11 is 0. The first-order chi connectivity index (χ1) is 6.28. The molecule has 1 aliphatic heterocycles. The summed E-state index contributed by atoms with van der Waals surface area (Å²) in [4.78, 5) is 11.0. The Balaban J connectivity index is 2.38. The smallest absolute Gasteiger partial charge is 0.334 e. The molecule has 78 valence electrons. The highest BCUT2D eigenvalue weighted by atomic mass is 16.8. The topological polar surface area (TPSA) is 55.8 Å². The zero-order valence-corrected chi connectivity index (χ0v) is 8.75. The van der Waals surface area contributed by atoms with Crippen molar-refractivity contribution in [2.24, 2.45) is 0 Å². The summed E-state index contributed by atoms with van der Waals surface area (Å²) in [6.45, 7) is 7.14. The molecule has 2 unspecified atom stereocenters. The Hall–Kier alpha value is -0.870. The van der Waals surface area contributed by atoms with Crippen LogP contribution in [-0.2, 0) is 14.3 Å². The lowest BCUT2D eigenvalue weighted by Crippen LogP contribution is -2.51. The number of ether oxygens (including phenoxy) is 2. The van der Waals surface area contributed by atoms with Gasteiger partial charge in [0.1, 0.15) is 11.7 Å². The van der Waals surface area contributed by atoms with Crippen LogP contribution in [0.4, 0.5) is 0 Å². The highest BCUT2D eigenvalue weighted by molar-refractivity contribution is 5.93. The SMILES string of the molecule is CC1=C(C(=O)O)C2(C)OC(C)(C)OC12. The van der Waals surface area contributed by atoms with Gasteiger partial charge in [-0.2, -0.15) is 0 Å². The molecule has 0 amide bonds. The minimum absolute atomic E-state index is 0.205. The third kappa shape index (κ3) is 0.980. The molecule has 0 aromatic rings. The molecule has 4 nitrogen and oxygen atoms in total. The van der Waals surface area contributed by atoms with Crippen LogP contribution >= 0.6 is 0 Å². The zero-order valence-electron chi connectivity index (χ0n) is 8.75. The minimum atomic E-state index is -0.914. The number of carboxylic acids is 1. The van der Waals surface area contributed by atoms with E-state index < -0.39 is 17.4 Å². The third-order valence-electron chi connectivity index (χ3n) is 2.86. The zero-order chi connectivity index (χ0) is 10.7. The standard InChI is InChI=1S/C10H14O4/c1-5-6(8(11)12)10(4)7(5)13-9(2,3)14-10/h7H,1-4H3,(H,11,12). The number of hydrogen-bond donors (Lipinski definition) is 1. The molecule has 14 heavy (non-hydrogen) atoms. The Morgan fingerprint density at radius 1 is 1.43 bits per heavy atom. The fourth-order valence-corrected chi connectivity index (χ4v) is 2.49. The molecule has 0 saturated carbocycles. The monoisotopic (exact) mass is 198 g/mol. The Kier molecular flexibility index (Phi) is 1.64. The van der Waals surface area contributed by atoms with Crippen LogP contribution in [0.25, 0.3) is 0 Å². The molecule has 0 aromatic heterocycles. The van der Waals surface area contributed by atoms with Crippen molar-refractivity contribution in [2.75, 3.05) is 0 Å². The van der Waals surface area contributed by atoms with Crippen molar-refractivity contribution in [3.05, 3.63) is 11.1 Å². The van der Waals surface area contributed by atoms with Gasteiger partial charge in [0.05, 0.1) is 5.57 Å². The molecule has 1 fully saturated rings. The number of carboxylic acid groups (broad SMARTS) is 1. The average molecular weight is 198 g/mol. The first kappa shape index (κ1) is 9.68. The molecule has 0 bridgehead atoms. The molecule has 1 N–H and O–H groups in total. The van der Waals surface area contributed by atoms with E-state index in [9.17, 15) is 4.79 Å². The van der Waals surface area contributed by atoms with Crippen molar-refractivity contribution in [1.29, 1.82) is 0 Å². The van der Waals surface area contributed by atoms with Crippen molar-refractivity contribution in [1.82, 2.24) is 0 Å². The van der Waals surface area contributed by atoms with Gasteiger partial charge >= 0.3 is 5.97 Å². The highest BCUT2D eigenvalue weighted by Crippen LogP contribution is 2.52. The summed E-state index contributed by atoms with van der Waals surface area (Å²) in [7, 11) is 0. The first-order valence-corrected chi connectivity index (χ1v) is 4.60. The molecule has 0 radical (unpaired) electrons. The molecule has 0 aromatic carbocycles. The van der Waals surface area contributed by atoms with Crippen molar-refractivity contribution in [3.8, 4) is 0 Å². The summed E-state index contributed by atoms with van der Waals surface area (Å²) < 4.78 is 11.2. The van der Waals surface area contributed by atoms with E-state index >= 15 is 0 Å². The van der Waals surface area contributed by atoms with Crippen LogP contribution in [0.3, 0.4) is 0 Å². The fraction of sp³-hybridized carbons (Fsp3) is 0.700. The lowest BCUT2D eigenvalue weighted by Gasteiger charge is -2.40. The lowest BCUT2D eigenvalue weighted by atomic mass is 9.72. The van der Waals surface area contributed by atoms with Crippen LogP contribution in [0, 0.1) is 0 Å². The molecule has 1 saturated heterocycles. The van der Waals surface area contributed by atoms with Gasteiger partial charge < -0.3 is 14.6 Å². The Morgan fingerprint density at radius 3 is 2.50 bits per heavy atom. The van der Waals surface area contributed by atoms with Gasteiger partial charge in [-0.25, -0.2) is 4.79 Å². The van der Waals surface area contributed by atoms with Gasteiger partial charge in [-0.3, -0.25) is 0 Å². The van der Waals surface area contributed by atoms with Crippen molar-refractivity contribution in [2.45, 2.75) is 45.2 Å².